The molecule has 0 radical (unpaired) electrons. The first-order valence-electron chi connectivity index (χ1n) is 24.4. The van der Waals surface area contributed by atoms with E-state index in [2.05, 4.69) is 27.7 Å². The molecule has 6 heteroatoms. The number of carbonyl (C=O) groups is 3. The molecule has 0 aliphatic carbocycles. The molecule has 0 bridgehead atoms. The average molecular weight is 779 g/mol. The van der Waals surface area contributed by atoms with Crippen molar-refractivity contribution in [2.45, 2.75) is 278 Å². The van der Waals surface area contributed by atoms with E-state index in [1.165, 1.54) is 167 Å². The van der Waals surface area contributed by atoms with Gasteiger partial charge in [-0.2, -0.15) is 0 Å². The molecule has 2 atom stereocenters. The molecule has 0 aromatic rings. The van der Waals surface area contributed by atoms with Gasteiger partial charge in [0.05, 0.1) is 0 Å². The standard InChI is InChI=1S/C49H94O6/c1-5-8-10-12-14-16-18-19-20-21-22-23-24-26-28-34-38-42-49(52)55-46(43-53-47(50)40-36-32-27-25-17-15-13-11-9-6-2)44-54-48(51)41-37-33-30-29-31-35-39-45(4)7-3/h45-46H,5-44H2,1-4H3/t45?,46-/m0/s1. The fourth-order valence-corrected chi connectivity index (χ4v) is 7.30. The Bertz CT molecular complexity index is 828. The number of ether oxygens (including phenoxy) is 3. The maximum Gasteiger partial charge on any atom is 0.306 e. The van der Waals surface area contributed by atoms with Crippen molar-refractivity contribution in [3.63, 3.8) is 0 Å². The molecule has 55 heavy (non-hydrogen) atoms. The van der Waals surface area contributed by atoms with E-state index >= 15 is 0 Å². The molecule has 0 aliphatic rings. The Morgan fingerprint density at radius 2 is 0.636 bits per heavy atom. The Morgan fingerprint density at radius 1 is 0.364 bits per heavy atom. The van der Waals surface area contributed by atoms with Crippen molar-refractivity contribution in [2.75, 3.05) is 13.2 Å². The van der Waals surface area contributed by atoms with Crippen molar-refractivity contribution in [1.82, 2.24) is 0 Å². The van der Waals surface area contributed by atoms with Gasteiger partial charge >= 0.3 is 17.9 Å². The van der Waals surface area contributed by atoms with Gasteiger partial charge < -0.3 is 14.2 Å². The maximum absolute atomic E-state index is 12.7. The molecule has 0 spiro atoms. The summed E-state index contributed by atoms with van der Waals surface area (Å²) in [5.41, 5.74) is 0. The van der Waals surface area contributed by atoms with Gasteiger partial charge in [0.1, 0.15) is 13.2 Å². The van der Waals surface area contributed by atoms with Crippen molar-refractivity contribution >= 4 is 17.9 Å². The number of hydrogen-bond donors (Lipinski definition) is 0. The van der Waals surface area contributed by atoms with Crippen LogP contribution < -0.4 is 0 Å². The Hall–Kier alpha value is -1.59. The van der Waals surface area contributed by atoms with Gasteiger partial charge in [-0.3, -0.25) is 14.4 Å². The lowest BCUT2D eigenvalue weighted by Gasteiger charge is -2.18. The van der Waals surface area contributed by atoms with Gasteiger partial charge in [0.15, 0.2) is 6.10 Å². The van der Waals surface area contributed by atoms with Crippen LogP contribution in [0, 0.1) is 5.92 Å². The van der Waals surface area contributed by atoms with Gasteiger partial charge in [0, 0.05) is 19.3 Å². The summed E-state index contributed by atoms with van der Waals surface area (Å²) in [6.45, 7) is 8.97. The summed E-state index contributed by atoms with van der Waals surface area (Å²) in [5, 5.41) is 0. The quantitative estimate of drug-likeness (QED) is 0.0348. The van der Waals surface area contributed by atoms with Crippen LogP contribution in [0.25, 0.3) is 0 Å². The van der Waals surface area contributed by atoms with E-state index in [9.17, 15) is 14.4 Å². The van der Waals surface area contributed by atoms with Crippen LogP contribution in [0.1, 0.15) is 272 Å². The predicted octanol–water partition coefficient (Wildman–Crippen LogP) is 15.5. The predicted molar refractivity (Wildman–Crippen MR) is 233 cm³/mol. The minimum Gasteiger partial charge on any atom is -0.462 e. The highest BCUT2D eigenvalue weighted by Gasteiger charge is 2.19. The molecule has 0 rings (SSSR count). The van der Waals surface area contributed by atoms with Gasteiger partial charge in [-0.15, -0.1) is 0 Å². The average Bonchev–Trinajstić information content (AvgIpc) is 3.18. The van der Waals surface area contributed by atoms with Crippen LogP contribution in [0.3, 0.4) is 0 Å². The zero-order valence-electron chi connectivity index (χ0n) is 37.4. The van der Waals surface area contributed by atoms with Crippen LogP contribution in [0.4, 0.5) is 0 Å². The molecule has 6 nitrogen and oxygen atoms in total. The van der Waals surface area contributed by atoms with Crippen LogP contribution in [-0.2, 0) is 28.6 Å². The van der Waals surface area contributed by atoms with Gasteiger partial charge in [-0.1, -0.05) is 233 Å². The van der Waals surface area contributed by atoms with E-state index in [0.717, 1.165) is 63.7 Å². The number of hydrogen-bond acceptors (Lipinski definition) is 6. The smallest absolute Gasteiger partial charge is 0.306 e. The van der Waals surface area contributed by atoms with Crippen LogP contribution in [0.2, 0.25) is 0 Å². The van der Waals surface area contributed by atoms with Crippen LogP contribution in [0.5, 0.6) is 0 Å². The minimum atomic E-state index is -0.760. The highest BCUT2D eigenvalue weighted by molar-refractivity contribution is 5.71. The Labute approximate surface area is 342 Å². The second kappa shape index (κ2) is 43.5. The lowest BCUT2D eigenvalue weighted by Crippen LogP contribution is -2.30. The summed E-state index contributed by atoms with van der Waals surface area (Å²) in [4.78, 5) is 37.7. The molecule has 0 saturated carbocycles. The zero-order chi connectivity index (χ0) is 40.3. The van der Waals surface area contributed by atoms with Crippen molar-refractivity contribution in [2.24, 2.45) is 5.92 Å². The molecule has 0 fully saturated rings. The molecule has 0 N–H and O–H groups in total. The molecule has 0 aliphatic heterocycles. The van der Waals surface area contributed by atoms with Crippen molar-refractivity contribution in [3.05, 3.63) is 0 Å². The SMILES string of the molecule is CCCCCCCCCCCCCCCCCCCC(=O)O[C@@H](COC(=O)CCCCCCCCCCCC)COC(=O)CCCCCCCCC(C)CC. The Kier molecular flexibility index (Phi) is 42.3. The monoisotopic (exact) mass is 779 g/mol. The summed E-state index contributed by atoms with van der Waals surface area (Å²) >= 11 is 0. The fraction of sp³-hybridized carbons (Fsp3) is 0.939. The first kappa shape index (κ1) is 53.4. The molecule has 326 valence electrons. The second-order valence-corrected chi connectivity index (χ2v) is 17.0. The summed E-state index contributed by atoms with van der Waals surface area (Å²) in [6, 6.07) is 0. The van der Waals surface area contributed by atoms with Crippen molar-refractivity contribution in [1.29, 1.82) is 0 Å². The van der Waals surface area contributed by atoms with E-state index < -0.39 is 6.10 Å². The van der Waals surface area contributed by atoms with E-state index in [4.69, 9.17) is 14.2 Å². The summed E-state index contributed by atoms with van der Waals surface area (Å²) < 4.78 is 16.7. The van der Waals surface area contributed by atoms with E-state index in [-0.39, 0.29) is 31.1 Å². The lowest BCUT2D eigenvalue weighted by molar-refractivity contribution is -0.167. The Balaban J connectivity index is 4.28. The molecule has 0 saturated heterocycles. The van der Waals surface area contributed by atoms with Crippen LogP contribution >= 0.6 is 0 Å². The molecule has 0 aromatic carbocycles. The third kappa shape index (κ3) is 41.9. The molecule has 0 heterocycles. The first-order chi connectivity index (χ1) is 26.9. The third-order valence-electron chi connectivity index (χ3n) is 11.4. The summed E-state index contributed by atoms with van der Waals surface area (Å²) in [7, 11) is 0. The second-order valence-electron chi connectivity index (χ2n) is 17.0. The maximum atomic E-state index is 12.7. The highest BCUT2D eigenvalue weighted by atomic mass is 16.6. The van der Waals surface area contributed by atoms with Crippen LogP contribution in [0.15, 0.2) is 0 Å². The van der Waals surface area contributed by atoms with E-state index in [1.54, 1.807) is 0 Å². The number of carbonyl (C=O) groups excluding carboxylic acids is 3. The zero-order valence-corrected chi connectivity index (χ0v) is 37.4. The van der Waals surface area contributed by atoms with Gasteiger partial charge in [-0.25, -0.2) is 0 Å². The normalized spacial score (nSPS) is 12.4. The van der Waals surface area contributed by atoms with Gasteiger partial charge in [0.2, 0.25) is 0 Å². The topological polar surface area (TPSA) is 78.9 Å². The number of unbranched alkanes of at least 4 members (excludes halogenated alkanes) is 30. The largest absolute Gasteiger partial charge is 0.462 e. The summed E-state index contributed by atoms with van der Waals surface area (Å²) in [6.07, 6.45) is 43.7. The van der Waals surface area contributed by atoms with E-state index in [0.29, 0.717) is 19.3 Å². The molecular weight excluding hydrogens is 685 g/mol. The number of rotatable bonds is 44. The van der Waals surface area contributed by atoms with Gasteiger partial charge in [-0.05, 0) is 25.2 Å². The third-order valence-corrected chi connectivity index (χ3v) is 11.4. The molecule has 0 aromatic heterocycles. The van der Waals surface area contributed by atoms with E-state index in [1.807, 2.05) is 0 Å². The summed E-state index contributed by atoms with van der Waals surface area (Å²) in [5.74, 6) is -0.0393. The molecule has 0 amide bonds. The molecule has 1 unspecified atom stereocenters. The number of esters is 3. The minimum absolute atomic E-state index is 0.0642. The fourth-order valence-electron chi connectivity index (χ4n) is 7.30. The lowest BCUT2D eigenvalue weighted by atomic mass is 10.00. The first-order valence-corrected chi connectivity index (χ1v) is 24.4. The Morgan fingerprint density at radius 3 is 0.945 bits per heavy atom. The van der Waals surface area contributed by atoms with Crippen LogP contribution in [-0.4, -0.2) is 37.2 Å². The van der Waals surface area contributed by atoms with Crippen molar-refractivity contribution < 1.29 is 28.6 Å². The van der Waals surface area contributed by atoms with Gasteiger partial charge in [0.25, 0.3) is 0 Å². The molecular formula is C49H94O6. The highest BCUT2D eigenvalue weighted by Crippen LogP contribution is 2.17. The van der Waals surface area contributed by atoms with Crippen molar-refractivity contribution in [3.8, 4) is 0 Å².